The van der Waals surface area contributed by atoms with Crippen LogP contribution in [0.15, 0.2) is 53.7 Å². The van der Waals surface area contributed by atoms with Crippen molar-refractivity contribution < 1.29 is 13.5 Å². The zero-order valence-corrected chi connectivity index (χ0v) is 17.4. The monoisotopic (exact) mass is 428 g/mol. The molecule has 0 radical (unpaired) electrons. The summed E-state index contributed by atoms with van der Waals surface area (Å²) in [5.41, 5.74) is 1.41. The van der Waals surface area contributed by atoms with Gasteiger partial charge in [-0.05, 0) is 36.6 Å². The first-order chi connectivity index (χ1) is 14.0. The number of nitrogens with zero attached hydrogens (tertiary/aromatic N) is 3. The number of aliphatic hydroxyl groups is 1. The fourth-order valence-electron chi connectivity index (χ4n) is 3.07. The van der Waals surface area contributed by atoms with Gasteiger partial charge in [-0.3, -0.25) is 0 Å². The number of hydrogen-bond donors (Lipinski definition) is 2. The quantitative estimate of drug-likeness (QED) is 0.432. The predicted molar refractivity (Wildman–Crippen MR) is 115 cm³/mol. The van der Waals surface area contributed by atoms with Crippen molar-refractivity contribution in [3.63, 3.8) is 0 Å². The molecule has 29 heavy (non-hydrogen) atoms. The van der Waals surface area contributed by atoms with Gasteiger partial charge in [-0.2, -0.15) is 0 Å². The molecule has 4 rings (SSSR count). The van der Waals surface area contributed by atoms with E-state index >= 15 is 0 Å². The zero-order valence-electron chi connectivity index (χ0n) is 15.7. The molecule has 0 fully saturated rings. The molecule has 0 saturated carbocycles. The largest absolute Gasteiger partial charge is 0.396 e. The van der Waals surface area contributed by atoms with E-state index in [4.69, 9.17) is 5.11 Å². The van der Waals surface area contributed by atoms with Crippen molar-refractivity contribution in [2.75, 3.05) is 17.7 Å². The number of benzene rings is 2. The van der Waals surface area contributed by atoms with Crippen LogP contribution in [0.5, 0.6) is 0 Å². The highest BCUT2D eigenvalue weighted by Gasteiger charge is 2.23. The number of anilines is 2. The maximum absolute atomic E-state index is 12.9. The lowest BCUT2D eigenvalue weighted by Gasteiger charge is -2.12. The molecule has 0 saturated heterocycles. The Morgan fingerprint density at radius 1 is 1.03 bits per heavy atom. The standard InChI is InChI=1S/C20H20N4O3S2/c1-13(10-11-25)12-29(26,27)20-22-15-7-3-2-6-14(15)18(24-20)23-19-21-16-8-4-5-9-17(16)28-19/h2-9,13,25H,10-12H2,1H3,(H,21,22,23,24). The summed E-state index contributed by atoms with van der Waals surface area (Å²) in [7, 11) is -3.70. The Labute approximate surface area is 172 Å². The Hall–Kier alpha value is -2.62. The van der Waals surface area contributed by atoms with E-state index in [0.29, 0.717) is 28.3 Å². The van der Waals surface area contributed by atoms with Crippen LogP contribution < -0.4 is 5.32 Å². The molecule has 4 aromatic rings. The molecule has 0 aliphatic carbocycles. The Bertz CT molecular complexity index is 1240. The van der Waals surface area contributed by atoms with Gasteiger partial charge in [-0.1, -0.05) is 42.5 Å². The van der Waals surface area contributed by atoms with E-state index in [1.807, 2.05) is 42.5 Å². The smallest absolute Gasteiger partial charge is 0.249 e. The number of sulfone groups is 1. The summed E-state index contributed by atoms with van der Waals surface area (Å²) in [5, 5.41) is 13.4. The molecule has 2 heterocycles. The molecular weight excluding hydrogens is 408 g/mol. The van der Waals surface area contributed by atoms with E-state index in [0.717, 1.165) is 10.2 Å². The van der Waals surface area contributed by atoms with Crippen molar-refractivity contribution in [1.82, 2.24) is 15.0 Å². The Morgan fingerprint density at radius 3 is 2.52 bits per heavy atom. The van der Waals surface area contributed by atoms with Gasteiger partial charge in [0.1, 0.15) is 5.82 Å². The summed E-state index contributed by atoms with van der Waals surface area (Å²) >= 11 is 1.47. The fourth-order valence-corrected chi connectivity index (χ4v) is 5.47. The summed E-state index contributed by atoms with van der Waals surface area (Å²) in [6.45, 7) is 1.73. The van der Waals surface area contributed by atoms with Crippen LogP contribution in [0.25, 0.3) is 21.1 Å². The Morgan fingerprint density at radius 2 is 1.76 bits per heavy atom. The molecular formula is C20H20N4O3S2. The van der Waals surface area contributed by atoms with Gasteiger partial charge in [-0.25, -0.2) is 23.4 Å². The summed E-state index contributed by atoms with van der Waals surface area (Å²) in [6.07, 6.45) is 0.406. The van der Waals surface area contributed by atoms with E-state index < -0.39 is 9.84 Å². The van der Waals surface area contributed by atoms with Crippen molar-refractivity contribution in [2.45, 2.75) is 18.5 Å². The van der Waals surface area contributed by atoms with Crippen LogP contribution in [-0.4, -0.2) is 40.8 Å². The molecule has 0 bridgehead atoms. The van der Waals surface area contributed by atoms with Gasteiger partial charge in [0.25, 0.3) is 0 Å². The average Bonchev–Trinajstić information content (AvgIpc) is 3.10. The van der Waals surface area contributed by atoms with E-state index in [1.165, 1.54) is 11.3 Å². The Balaban J connectivity index is 1.76. The minimum Gasteiger partial charge on any atom is -0.396 e. The van der Waals surface area contributed by atoms with Crippen LogP contribution in [0.2, 0.25) is 0 Å². The van der Waals surface area contributed by atoms with Crippen molar-refractivity contribution in [3.05, 3.63) is 48.5 Å². The van der Waals surface area contributed by atoms with Gasteiger partial charge >= 0.3 is 0 Å². The fraction of sp³-hybridized carbons (Fsp3) is 0.250. The number of fused-ring (bicyclic) bond motifs is 2. The van der Waals surface area contributed by atoms with Gasteiger partial charge in [0.2, 0.25) is 15.0 Å². The van der Waals surface area contributed by atoms with Gasteiger partial charge in [0.15, 0.2) is 5.13 Å². The van der Waals surface area contributed by atoms with Gasteiger partial charge < -0.3 is 10.4 Å². The van der Waals surface area contributed by atoms with Crippen LogP contribution >= 0.6 is 11.3 Å². The number of hydrogen-bond acceptors (Lipinski definition) is 8. The second kappa shape index (κ2) is 8.02. The molecule has 2 N–H and O–H groups in total. The lowest BCUT2D eigenvalue weighted by atomic mass is 10.1. The molecule has 2 aromatic heterocycles. The minimum atomic E-state index is -3.70. The van der Waals surface area contributed by atoms with E-state index in [1.54, 1.807) is 13.0 Å². The molecule has 0 spiro atoms. The van der Waals surface area contributed by atoms with Crippen molar-refractivity contribution in [1.29, 1.82) is 0 Å². The summed E-state index contributed by atoms with van der Waals surface area (Å²) in [6, 6.07) is 15.0. The summed E-state index contributed by atoms with van der Waals surface area (Å²) in [5.74, 6) is 0.0933. The van der Waals surface area contributed by atoms with Crippen molar-refractivity contribution in [2.24, 2.45) is 5.92 Å². The number of aliphatic hydroxyl groups excluding tert-OH is 1. The normalized spacial score (nSPS) is 13.0. The van der Waals surface area contributed by atoms with Gasteiger partial charge in [0.05, 0.1) is 21.5 Å². The van der Waals surface area contributed by atoms with Crippen molar-refractivity contribution >= 4 is 53.2 Å². The third-order valence-corrected chi connectivity index (χ3v) is 7.20. The van der Waals surface area contributed by atoms with Crippen LogP contribution in [0.1, 0.15) is 13.3 Å². The lowest BCUT2D eigenvalue weighted by Crippen LogP contribution is -2.18. The average molecular weight is 429 g/mol. The third-order valence-electron chi connectivity index (χ3n) is 4.51. The highest BCUT2D eigenvalue weighted by molar-refractivity contribution is 7.91. The number of nitrogens with one attached hydrogen (secondary N) is 1. The molecule has 150 valence electrons. The Kier molecular flexibility index (Phi) is 5.44. The topological polar surface area (TPSA) is 105 Å². The maximum atomic E-state index is 12.9. The maximum Gasteiger partial charge on any atom is 0.249 e. The van der Waals surface area contributed by atoms with Crippen molar-refractivity contribution in [3.8, 4) is 0 Å². The minimum absolute atomic E-state index is 0.0559. The summed E-state index contributed by atoms with van der Waals surface area (Å²) in [4.78, 5) is 13.2. The molecule has 0 amide bonds. The molecule has 2 aromatic carbocycles. The molecule has 0 aliphatic rings. The van der Waals surface area contributed by atoms with Crippen LogP contribution in [-0.2, 0) is 9.84 Å². The second-order valence-corrected chi connectivity index (χ2v) is 9.84. The predicted octanol–water partition coefficient (Wildman–Crippen LogP) is 3.78. The van der Waals surface area contributed by atoms with E-state index in [9.17, 15) is 8.42 Å². The first kappa shape index (κ1) is 19.7. The van der Waals surface area contributed by atoms with Crippen LogP contribution in [0.4, 0.5) is 10.9 Å². The first-order valence-corrected chi connectivity index (χ1v) is 11.7. The molecule has 0 aliphatic heterocycles. The van der Waals surface area contributed by atoms with E-state index in [2.05, 4.69) is 20.3 Å². The molecule has 1 atom stereocenters. The zero-order chi connectivity index (χ0) is 20.4. The summed E-state index contributed by atoms with van der Waals surface area (Å²) < 4.78 is 26.7. The first-order valence-electron chi connectivity index (χ1n) is 9.19. The lowest BCUT2D eigenvalue weighted by molar-refractivity contribution is 0.268. The highest BCUT2D eigenvalue weighted by atomic mass is 32.2. The second-order valence-electron chi connectivity index (χ2n) is 6.88. The number of rotatable bonds is 7. The van der Waals surface area contributed by atoms with Crippen LogP contribution in [0, 0.1) is 5.92 Å². The number of thiazole rings is 1. The molecule has 1 unspecified atom stereocenters. The highest BCUT2D eigenvalue weighted by Crippen LogP contribution is 2.30. The third kappa shape index (κ3) is 4.21. The SMILES string of the molecule is CC(CCO)CS(=O)(=O)c1nc(Nc2nc3ccccc3s2)c2ccccc2n1. The number of para-hydroxylation sites is 2. The van der Waals surface area contributed by atoms with E-state index in [-0.39, 0.29) is 23.4 Å². The molecule has 9 heteroatoms. The number of aromatic nitrogens is 3. The van der Waals surface area contributed by atoms with Crippen LogP contribution in [0.3, 0.4) is 0 Å². The molecule has 7 nitrogen and oxygen atoms in total. The van der Waals surface area contributed by atoms with Gasteiger partial charge in [-0.15, -0.1) is 0 Å². The van der Waals surface area contributed by atoms with Gasteiger partial charge in [0, 0.05) is 12.0 Å².